The van der Waals surface area contributed by atoms with Crippen LogP contribution in [-0.4, -0.2) is 40.0 Å². The number of benzene rings is 1. The number of hydrogen-bond donors (Lipinski definition) is 0. The summed E-state index contributed by atoms with van der Waals surface area (Å²) in [5.41, 5.74) is 2.74. The van der Waals surface area contributed by atoms with E-state index in [0.29, 0.717) is 17.5 Å². The first-order chi connectivity index (χ1) is 13.1. The number of aromatic nitrogens is 3. The molecule has 1 aromatic carbocycles. The number of rotatable bonds is 5. The Balaban J connectivity index is 1.49. The van der Waals surface area contributed by atoms with Gasteiger partial charge < -0.3 is 4.90 Å². The zero-order valence-electron chi connectivity index (χ0n) is 15.8. The minimum atomic E-state index is -0.422. The molecule has 3 aromatic rings. The van der Waals surface area contributed by atoms with Gasteiger partial charge in [0.25, 0.3) is 0 Å². The maximum absolute atomic E-state index is 12.7. The van der Waals surface area contributed by atoms with E-state index in [2.05, 4.69) is 47.5 Å². The molecule has 4 rings (SSSR count). The van der Waals surface area contributed by atoms with Crippen LogP contribution in [0.3, 0.4) is 0 Å². The van der Waals surface area contributed by atoms with Gasteiger partial charge in [0.2, 0.25) is 0 Å². The molecular formula is C21H25FN4S. The molecule has 3 heterocycles. The van der Waals surface area contributed by atoms with E-state index in [4.69, 9.17) is 0 Å². The maximum atomic E-state index is 12.7. The molecule has 0 spiro atoms. The summed E-state index contributed by atoms with van der Waals surface area (Å²) in [7, 11) is 2.19. The van der Waals surface area contributed by atoms with Crippen molar-refractivity contribution in [3.63, 3.8) is 0 Å². The molecule has 0 radical (unpaired) electrons. The second-order valence-electron chi connectivity index (χ2n) is 7.46. The van der Waals surface area contributed by atoms with Crippen molar-refractivity contribution in [3.05, 3.63) is 48.2 Å². The average Bonchev–Trinajstić information content (AvgIpc) is 3.38. The molecule has 27 heavy (non-hydrogen) atoms. The van der Waals surface area contributed by atoms with Crippen LogP contribution in [0.15, 0.2) is 42.6 Å². The van der Waals surface area contributed by atoms with Crippen molar-refractivity contribution in [2.75, 3.05) is 20.1 Å². The molecule has 4 nitrogen and oxygen atoms in total. The number of nitrogens with zero attached hydrogens (tertiary/aromatic N) is 4. The fourth-order valence-corrected chi connectivity index (χ4v) is 4.67. The number of alkyl halides is 1. The van der Waals surface area contributed by atoms with Crippen LogP contribution in [0, 0.1) is 5.92 Å². The summed E-state index contributed by atoms with van der Waals surface area (Å²) in [6, 6.07) is 12.2. The number of halogens is 1. The van der Waals surface area contributed by atoms with Crippen molar-refractivity contribution in [1.82, 2.24) is 19.9 Å². The summed E-state index contributed by atoms with van der Waals surface area (Å²) in [4.78, 5) is 4.67. The molecule has 6 heteroatoms. The number of hydrogen-bond acceptors (Lipinski definition) is 4. The van der Waals surface area contributed by atoms with E-state index in [1.807, 2.05) is 28.9 Å². The molecular weight excluding hydrogens is 359 g/mol. The van der Waals surface area contributed by atoms with Crippen molar-refractivity contribution in [2.45, 2.75) is 32.5 Å². The van der Waals surface area contributed by atoms with Gasteiger partial charge in [0.1, 0.15) is 12.4 Å². The topological polar surface area (TPSA) is 34.0 Å². The van der Waals surface area contributed by atoms with Gasteiger partial charge in [-0.25, -0.2) is 9.07 Å². The van der Waals surface area contributed by atoms with Crippen LogP contribution >= 0.6 is 11.3 Å². The Labute approximate surface area is 163 Å². The summed E-state index contributed by atoms with van der Waals surface area (Å²) in [6.07, 6.45) is 4.50. The Kier molecular flexibility index (Phi) is 5.36. The van der Waals surface area contributed by atoms with E-state index in [1.54, 1.807) is 11.3 Å². The highest BCUT2D eigenvalue weighted by Crippen LogP contribution is 2.34. The van der Waals surface area contributed by atoms with Crippen molar-refractivity contribution in [2.24, 2.45) is 5.92 Å². The second kappa shape index (κ2) is 7.90. The van der Waals surface area contributed by atoms with Gasteiger partial charge >= 0.3 is 0 Å². The monoisotopic (exact) mass is 384 g/mol. The molecule has 0 amide bonds. The molecule has 0 N–H and O–H groups in total. The highest BCUT2D eigenvalue weighted by atomic mass is 32.1. The number of likely N-dealkylation sites (tertiary alicyclic amines) is 1. The molecule has 142 valence electrons. The molecule has 0 saturated carbocycles. The lowest BCUT2D eigenvalue weighted by atomic mass is 9.91. The van der Waals surface area contributed by atoms with E-state index in [-0.39, 0.29) is 0 Å². The van der Waals surface area contributed by atoms with E-state index < -0.39 is 6.67 Å². The predicted molar refractivity (Wildman–Crippen MR) is 109 cm³/mol. The summed E-state index contributed by atoms with van der Waals surface area (Å²) < 4.78 is 14.7. The van der Waals surface area contributed by atoms with E-state index >= 15 is 0 Å². The van der Waals surface area contributed by atoms with Crippen LogP contribution in [0.5, 0.6) is 0 Å². The zero-order chi connectivity index (χ0) is 18.8. The first-order valence-electron chi connectivity index (χ1n) is 9.50. The van der Waals surface area contributed by atoms with Gasteiger partial charge in [-0.15, -0.1) is 16.4 Å². The molecule has 1 atom stereocenters. The third-order valence-electron chi connectivity index (χ3n) is 5.62. The van der Waals surface area contributed by atoms with Gasteiger partial charge in [0, 0.05) is 4.88 Å². The Morgan fingerprint density at radius 1 is 1.11 bits per heavy atom. The highest BCUT2D eigenvalue weighted by molar-refractivity contribution is 7.18. The van der Waals surface area contributed by atoms with Crippen LogP contribution in [0.25, 0.3) is 21.0 Å². The van der Waals surface area contributed by atoms with Crippen LogP contribution in [0.1, 0.15) is 31.4 Å². The van der Waals surface area contributed by atoms with Crippen LogP contribution in [0.2, 0.25) is 0 Å². The van der Waals surface area contributed by atoms with E-state index in [0.717, 1.165) is 34.1 Å². The highest BCUT2D eigenvalue weighted by Gasteiger charge is 2.24. The van der Waals surface area contributed by atoms with Gasteiger partial charge in [-0.2, -0.15) is 0 Å². The molecule has 2 aromatic heterocycles. The van der Waals surface area contributed by atoms with Crippen LogP contribution in [0.4, 0.5) is 4.39 Å². The summed E-state index contributed by atoms with van der Waals surface area (Å²) >= 11 is 1.70. The Bertz CT molecular complexity index is 878. The van der Waals surface area contributed by atoms with Gasteiger partial charge in [0.15, 0.2) is 0 Å². The van der Waals surface area contributed by atoms with Crippen molar-refractivity contribution in [1.29, 1.82) is 0 Å². The second-order valence-corrected chi connectivity index (χ2v) is 8.54. The summed E-state index contributed by atoms with van der Waals surface area (Å²) in [5.74, 6) is 0.656. The normalized spacial score (nSPS) is 17.3. The van der Waals surface area contributed by atoms with Crippen LogP contribution in [-0.2, 0) is 6.67 Å². The average molecular weight is 385 g/mol. The molecule has 1 aliphatic heterocycles. The molecule has 0 unspecified atom stereocenters. The van der Waals surface area contributed by atoms with Gasteiger partial charge in [-0.1, -0.05) is 29.5 Å². The third kappa shape index (κ3) is 3.96. The summed E-state index contributed by atoms with van der Waals surface area (Å²) in [6.45, 7) is 4.15. The lowest BCUT2D eigenvalue weighted by Gasteiger charge is -2.32. The Morgan fingerprint density at radius 2 is 1.81 bits per heavy atom. The fourth-order valence-electron chi connectivity index (χ4n) is 3.70. The predicted octanol–water partition coefficient (Wildman–Crippen LogP) is 5.05. The smallest absolute Gasteiger partial charge is 0.123 e. The first-order valence-corrected chi connectivity index (χ1v) is 10.3. The number of piperidine rings is 1. The molecule has 1 saturated heterocycles. The molecule has 1 fully saturated rings. The fraction of sp³-hybridized carbons (Fsp3) is 0.429. The van der Waals surface area contributed by atoms with Crippen molar-refractivity contribution in [3.8, 4) is 21.0 Å². The third-order valence-corrected chi connectivity index (χ3v) is 6.78. The standard InChI is InChI=1S/C21H25FN4S/c1-15(17-9-11-25(2)12-10-17)26-14-19(23-24-26)21-8-7-20(27-21)18-5-3-16(13-22)4-6-18/h3-8,14-15,17H,9-13H2,1-2H3/t15-/m0/s1. The minimum Gasteiger partial charge on any atom is -0.306 e. The Morgan fingerprint density at radius 3 is 2.52 bits per heavy atom. The van der Waals surface area contributed by atoms with Gasteiger partial charge in [-0.05, 0) is 69.1 Å². The van der Waals surface area contributed by atoms with Gasteiger partial charge in [-0.3, -0.25) is 0 Å². The van der Waals surface area contributed by atoms with E-state index in [9.17, 15) is 4.39 Å². The van der Waals surface area contributed by atoms with Crippen LogP contribution < -0.4 is 0 Å². The summed E-state index contributed by atoms with van der Waals surface area (Å²) in [5, 5.41) is 8.82. The first kappa shape index (κ1) is 18.3. The van der Waals surface area contributed by atoms with Crippen molar-refractivity contribution < 1.29 is 4.39 Å². The largest absolute Gasteiger partial charge is 0.306 e. The quantitative estimate of drug-likeness (QED) is 0.617. The van der Waals surface area contributed by atoms with Crippen molar-refractivity contribution >= 4 is 11.3 Å². The molecule has 0 bridgehead atoms. The Hall–Kier alpha value is -2.05. The number of thiophene rings is 1. The molecule has 0 aliphatic carbocycles. The SMILES string of the molecule is C[C@@H](C1CCN(C)CC1)n1cc(-c2ccc(-c3ccc(CF)cc3)s2)nn1. The van der Waals surface area contributed by atoms with Gasteiger partial charge in [0.05, 0.1) is 17.1 Å². The minimum absolute atomic E-state index is 0.368. The lowest BCUT2D eigenvalue weighted by molar-refractivity contribution is 0.173. The maximum Gasteiger partial charge on any atom is 0.123 e. The molecule has 1 aliphatic rings. The zero-order valence-corrected chi connectivity index (χ0v) is 16.6. The lowest BCUT2D eigenvalue weighted by Crippen LogP contribution is -2.33. The van der Waals surface area contributed by atoms with E-state index in [1.165, 1.54) is 12.8 Å².